The molecule has 116 valence electrons. The molecule has 0 saturated heterocycles. The van der Waals surface area contributed by atoms with Crippen LogP contribution in [0.2, 0.25) is 8.67 Å². The Kier molecular flexibility index (Phi) is 6.11. The Morgan fingerprint density at radius 3 is 2.67 bits per heavy atom. The molecule has 0 saturated carbocycles. The molecule has 1 unspecified atom stereocenters. The van der Waals surface area contributed by atoms with E-state index < -0.39 is 0 Å². The third-order valence-electron chi connectivity index (χ3n) is 3.40. The number of nitrogens with zero attached hydrogens (tertiary/aromatic N) is 2. The Balaban J connectivity index is 2.25. The molecule has 0 aliphatic heterocycles. The number of rotatable bonds is 7. The molecule has 2 aromatic heterocycles. The van der Waals surface area contributed by atoms with Gasteiger partial charge in [-0.1, -0.05) is 30.1 Å². The summed E-state index contributed by atoms with van der Waals surface area (Å²) in [5.74, 6) is 0. The lowest BCUT2D eigenvalue weighted by Crippen LogP contribution is -2.25. The molecule has 1 N–H and O–H groups in total. The minimum absolute atomic E-state index is 0.169. The highest BCUT2D eigenvalue weighted by molar-refractivity contribution is 7.20. The van der Waals surface area contributed by atoms with Crippen LogP contribution in [0.4, 0.5) is 0 Å². The zero-order valence-corrected chi connectivity index (χ0v) is 14.9. The Hall–Kier alpha value is -0.550. The number of aromatic nitrogens is 2. The third kappa shape index (κ3) is 4.22. The maximum atomic E-state index is 6.34. The number of thiophene rings is 1. The molecule has 1 atom stereocenters. The van der Waals surface area contributed by atoms with Crippen molar-refractivity contribution in [1.82, 2.24) is 15.1 Å². The second-order valence-corrected chi connectivity index (χ2v) is 7.37. The van der Waals surface area contributed by atoms with Crippen molar-refractivity contribution < 1.29 is 0 Å². The third-order valence-corrected chi connectivity index (χ3v) is 4.92. The van der Waals surface area contributed by atoms with Gasteiger partial charge in [0.25, 0.3) is 0 Å². The molecule has 0 aromatic carbocycles. The van der Waals surface area contributed by atoms with E-state index >= 15 is 0 Å². The van der Waals surface area contributed by atoms with E-state index in [1.165, 1.54) is 17.0 Å². The molecule has 0 bridgehead atoms. The molecule has 0 aliphatic rings. The standard InChI is InChI=1S/C15H21Cl2N3S/c1-4-6-18-13(12-9-14(16)21-15(12)17)8-11-7-10(3)19-20(11)5-2/h7,9,13,18H,4-6,8H2,1-3H3. The summed E-state index contributed by atoms with van der Waals surface area (Å²) in [5.41, 5.74) is 3.36. The zero-order chi connectivity index (χ0) is 15.4. The monoisotopic (exact) mass is 345 g/mol. The first kappa shape index (κ1) is 16.8. The quantitative estimate of drug-likeness (QED) is 0.776. The van der Waals surface area contributed by atoms with Crippen molar-refractivity contribution in [2.24, 2.45) is 0 Å². The van der Waals surface area contributed by atoms with Crippen molar-refractivity contribution in [3.8, 4) is 0 Å². The topological polar surface area (TPSA) is 29.9 Å². The normalized spacial score (nSPS) is 12.8. The summed E-state index contributed by atoms with van der Waals surface area (Å²) in [7, 11) is 0. The highest BCUT2D eigenvalue weighted by Crippen LogP contribution is 2.36. The fraction of sp³-hybridized carbons (Fsp3) is 0.533. The lowest BCUT2D eigenvalue weighted by atomic mass is 10.0. The molecule has 2 heterocycles. The summed E-state index contributed by atoms with van der Waals surface area (Å²) in [6.07, 6.45) is 1.94. The fourth-order valence-corrected chi connectivity index (χ4v) is 4.03. The van der Waals surface area contributed by atoms with E-state index in [9.17, 15) is 0 Å². The highest BCUT2D eigenvalue weighted by Gasteiger charge is 2.19. The zero-order valence-electron chi connectivity index (χ0n) is 12.6. The SMILES string of the molecule is CCCNC(Cc1cc(C)nn1CC)c1cc(Cl)sc1Cl. The van der Waals surface area contributed by atoms with Gasteiger partial charge in [-0.2, -0.15) is 5.10 Å². The van der Waals surface area contributed by atoms with Crippen LogP contribution >= 0.6 is 34.5 Å². The summed E-state index contributed by atoms with van der Waals surface area (Å²) in [4.78, 5) is 0. The van der Waals surface area contributed by atoms with Crippen LogP contribution in [0, 0.1) is 6.92 Å². The van der Waals surface area contributed by atoms with Gasteiger partial charge >= 0.3 is 0 Å². The number of halogens is 2. The summed E-state index contributed by atoms with van der Waals surface area (Å²) in [6.45, 7) is 8.12. The molecular weight excluding hydrogens is 325 g/mol. The van der Waals surface area contributed by atoms with Crippen molar-refractivity contribution in [3.05, 3.63) is 37.8 Å². The van der Waals surface area contributed by atoms with E-state index in [0.717, 1.165) is 45.9 Å². The first-order valence-corrected chi connectivity index (χ1v) is 8.83. The van der Waals surface area contributed by atoms with Crippen LogP contribution in [0.5, 0.6) is 0 Å². The number of hydrogen-bond donors (Lipinski definition) is 1. The van der Waals surface area contributed by atoms with Crippen molar-refractivity contribution >= 4 is 34.5 Å². The smallest absolute Gasteiger partial charge is 0.0992 e. The lowest BCUT2D eigenvalue weighted by Gasteiger charge is -2.18. The lowest BCUT2D eigenvalue weighted by molar-refractivity contribution is 0.504. The molecule has 6 heteroatoms. The molecular formula is C15H21Cl2N3S. The van der Waals surface area contributed by atoms with Crippen LogP contribution in [0.15, 0.2) is 12.1 Å². The maximum Gasteiger partial charge on any atom is 0.0992 e. The van der Waals surface area contributed by atoms with Crippen molar-refractivity contribution in [1.29, 1.82) is 0 Å². The van der Waals surface area contributed by atoms with E-state index in [0.29, 0.717) is 0 Å². The minimum Gasteiger partial charge on any atom is -0.310 e. The first-order chi connectivity index (χ1) is 10.0. The molecule has 0 spiro atoms. The van der Waals surface area contributed by atoms with E-state index in [1.807, 2.05) is 13.0 Å². The van der Waals surface area contributed by atoms with Crippen LogP contribution in [0.3, 0.4) is 0 Å². The van der Waals surface area contributed by atoms with Gasteiger partial charge in [0.15, 0.2) is 0 Å². The second-order valence-electron chi connectivity index (χ2n) is 5.08. The van der Waals surface area contributed by atoms with E-state index in [-0.39, 0.29) is 6.04 Å². The number of hydrogen-bond acceptors (Lipinski definition) is 3. The largest absolute Gasteiger partial charge is 0.310 e. The van der Waals surface area contributed by atoms with Crippen LogP contribution in [0.25, 0.3) is 0 Å². The molecule has 2 rings (SSSR count). The fourth-order valence-electron chi connectivity index (χ4n) is 2.45. The Labute approximate surface area is 140 Å². The van der Waals surface area contributed by atoms with Gasteiger partial charge in [-0.05, 0) is 38.9 Å². The number of nitrogens with one attached hydrogen (secondary N) is 1. The van der Waals surface area contributed by atoms with Gasteiger partial charge in [0.05, 0.1) is 14.4 Å². The Morgan fingerprint density at radius 1 is 1.33 bits per heavy atom. The van der Waals surface area contributed by atoms with E-state index in [1.54, 1.807) is 0 Å². The van der Waals surface area contributed by atoms with Crippen LogP contribution in [-0.2, 0) is 13.0 Å². The average molecular weight is 346 g/mol. The molecule has 2 aromatic rings. The molecule has 21 heavy (non-hydrogen) atoms. The van der Waals surface area contributed by atoms with Crippen LogP contribution < -0.4 is 5.32 Å². The van der Waals surface area contributed by atoms with Crippen molar-refractivity contribution in [2.75, 3.05) is 6.54 Å². The second kappa shape index (κ2) is 7.63. The van der Waals surface area contributed by atoms with Crippen molar-refractivity contribution in [3.63, 3.8) is 0 Å². The van der Waals surface area contributed by atoms with Gasteiger partial charge in [0, 0.05) is 30.3 Å². The molecule has 0 aliphatic carbocycles. The van der Waals surface area contributed by atoms with Gasteiger partial charge in [0.1, 0.15) is 0 Å². The Morgan fingerprint density at radius 2 is 2.10 bits per heavy atom. The molecule has 0 radical (unpaired) electrons. The predicted octanol–water partition coefficient (Wildman–Crippen LogP) is 4.86. The van der Waals surface area contributed by atoms with Gasteiger partial charge in [-0.15, -0.1) is 11.3 Å². The predicted molar refractivity (Wildman–Crippen MR) is 91.7 cm³/mol. The van der Waals surface area contributed by atoms with E-state index in [2.05, 4.69) is 35.0 Å². The number of aryl methyl sites for hydroxylation is 2. The minimum atomic E-state index is 0.169. The van der Waals surface area contributed by atoms with Gasteiger partial charge in [-0.25, -0.2) is 0 Å². The van der Waals surface area contributed by atoms with Crippen LogP contribution in [0.1, 0.15) is 43.3 Å². The van der Waals surface area contributed by atoms with Gasteiger partial charge < -0.3 is 5.32 Å². The molecule has 3 nitrogen and oxygen atoms in total. The van der Waals surface area contributed by atoms with Crippen LogP contribution in [-0.4, -0.2) is 16.3 Å². The Bertz CT molecular complexity index is 592. The molecule has 0 amide bonds. The van der Waals surface area contributed by atoms with E-state index in [4.69, 9.17) is 23.2 Å². The molecule has 0 fully saturated rings. The van der Waals surface area contributed by atoms with Crippen molar-refractivity contribution in [2.45, 2.75) is 46.2 Å². The average Bonchev–Trinajstić information content (AvgIpc) is 2.96. The summed E-state index contributed by atoms with van der Waals surface area (Å²) in [6, 6.07) is 4.29. The summed E-state index contributed by atoms with van der Waals surface area (Å²) < 4.78 is 3.56. The van der Waals surface area contributed by atoms with Gasteiger partial charge in [-0.3, -0.25) is 4.68 Å². The highest BCUT2D eigenvalue weighted by atomic mass is 35.5. The summed E-state index contributed by atoms with van der Waals surface area (Å²) in [5, 5.41) is 8.09. The van der Waals surface area contributed by atoms with Gasteiger partial charge in [0.2, 0.25) is 0 Å². The summed E-state index contributed by atoms with van der Waals surface area (Å²) >= 11 is 13.9. The first-order valence-electron chi connectivity index (χ1n) is 7.26. The maximum absolute atomic E-state index is 6.34.